The first-order valence-corrected chi connectivity index (χ1v) is 11.0. The molecule has 0 aliphatic carbocycles. The van der Waals surface area contributed by atoms with Gasteiger partial charge < -0.3 is 23.9 Å². The summed E-state index contributed by atoms with van der Waals surface area (Å²) in [7, 11) is 0. The van der Waals surface area contributed by atoms with Crippen LogP contribution in [-0.4, -0.2) is 37.7 Å². The molecule has 0 aliphatic heterocycles. The van der Waals surface area contributed by atoms with Crippen LogP contribution >= 0.6 is 11.3 Å². The number of hydrogen-bond donors (Lipinski definition) is 1. The summed E-state index contributed by atoms with van der Waals surface area (Å²) in [6.07, 6.45) is 0. The zero-order valence-corrected chi connectivity index (χ0v) is 19.4. The minimum absolute atomic E-state index is 0.0983. The number of thiophene rings is 1. The van der Waals surface area contributed by atoms with Gasteiger partial charge in [-0.05, 0) is 51.0 Å². The highest BCUT2D eigenvalue weighted by atomic mass is 32.1. The molecule has 33 heavy (non-hydrogen) atoms. The number of fused-ring (bicyclic) bond motifs is 1. The van der Waals surface area contributed by atoms with Gasteiger partial charge in [-0.15, -0.1) is 11.3 Å². The van der Waals surface area contributed by atoms with Crippen molar-refractivity contribution < 1.29 is 33.0 Å². The van der Waals surface area contributed by atoms with E-state index in [1.54, 1.807) is 39.8 Å². The molecule has 0 atom stereocenters. The summed E-state index contributed by atoms with van der Waals surface area (Å²) in [6.45, 7) is 6.64. The van der Waals surface area contributed by atoms with E-state index in [4.69, 9.17) is 18.6 Å². The summed E-state index contributed by atoms with van der Waals surface area (Å²) < 4.78 is 20.8. The molecule has 0 bridgehead atoms. The highest BCUT2D eigenvalue weighted by Crippen LogP contribution is 2.34. The second-order valence-electron chi connectivity index (χ2n) is 6.94. The van der Waals surface area contributed by atoms with Crippen molar-refractivity contribution in [3.8, 4) is 5.75 Å². The first-order chi connectivity index (χ1) is 15.7. The lowest BCUT2D eigenvalue weighted by Gasteiger charge is -2.09. The second kappa shape index (κ2) is 10.3. The van der Waals surface area contributed by atoms with Gasteiger partial charge in [0.05, 0.1) is 18.8 Å². The summed E-state index contributed by atoms with van der Waals surface area (Å²) in [5.74, 6) is -1.47. The number of hydrogen-bond acceptors (Lipinski definition) is 9. The highest BCUT2D eigenvalue weighted by Gasteiger charge is 2.27. The van der Waals surface area contributed by atoms with Crippen molar-refractivity contribution in [2.75, 3.05) is 25.1 Å². The van der Waals surface area contributed by atoms with E-state index in [1.807, 2.05) is 0 Å². The predicted molar refractivity (Wildman–Crippen MR) is 122 cm³/mol. The van der Waals surface area contributed by atoms with E-state index < -0.39 is 23.5 Å². The molecule has 174 valence electrons. The van der Waals surface area contributed by atoms with Gasteiger partial charge in [-0.2, -0.15) is 0 Å². The third kappa shape index (κ3) is 5.40. The van der Waals surface area contributed by atoms with Crippen LogP contribution in [-0.2, 0) is 14.3 Å². The van der Waals surface area contributed by atoms with E-state index in [2.05, 4.69) is 5.32 Å². The van der Waals surface area contributed by atoms with Gasteiger partial charge in [0.2, 0.25) is 0 Å². The Hall–Kier alpha value is -3.66. The van der Waals surface area contributed by atoms with Gasteiger partial charge >= 0.3 is 17.6 Å². The summed E-state index contributed by atoms with van der Waals surface area (Å²) in [4.78, 5) is 49.0. The Bertz CT molecular complexity index is 1270. The number of carbonyl (C=O) groups excluding carboxylic acids is 3. The number of carbonyl (C=O) groups is 3. The quantitative estimate of drug-likeness (QED) is 0.387. The summed E-state index contributed by atoms with van der Waals surface area (Å²) >= 11 is 0.931. The number of amides is 1. The molecule has 0 spiro atoms. The third-order valence-corrected chi connectivity index (χ3v) is 5.82. The molecule has 10 heteroatoms. The van der Waals surface area contributed by atoms with Crippen LogP contribution in [0.15, 0.2) is 33.5 Å². The normalized spacial score (nSPS) is 10.7. The Labute approximate surface area is 193 Å². The number of benzene rings is 1. The maximum Gasteiger partial charge on any atom is 0.348 e. The fraction of sp³-hybridized carbons (Fsp3) is 0.304. The van der Waals surface area contributed by atoms with Crippen molar-refractivity contribution in [3.63, 3.8) is 0 Å². The van der Waals surface area contributed by atoms with Crippen molar-refractivity contribution in [3.05, 3.63) is 56.3 Å². The standard InChI is InChI=1S/C23H23NO8S/c1-5-29-22(27)19-13(4)20(23(28)30-6-2)33-21(19)24-17(25)11-31-14-7-8-15-12(3)9-18(26)32-16(15)10-14/h7-10H,5-6,11H2,1-4H3,(H,24,25). The zero-order chi connectivity index (χ0) is 24.1. The van der Waals surface area contributed by atoms with Crippen molar-refractivity contribution in [2.45, 2.75) is 27.7 Å². The van der Waals surface area contributed by atoms with Crippen LogP contribution in [0.3, 0.4) is 0 Å². The largest absolute Gasteiger partial charge is 0.484 e. The van der Waals surface area contributed by atoms with Gasteiger partial charge in [0.25, 0.3) is 5.91 Å². The maximum absolute atomic E-state index is 12.5. The van der Waals surface area contributed by atoms with Gasteiger partial charge in [0, 0.05) is 17.5 Å². The predicted octanol–water partition coefficient (Wildman–Crippen LogP) is 3.84. The molecular formula is C23H23NO8S. The maximum atomic E-state index is 12.5. The number of aryl methyl sites for hydroxylation is 1. The Morgan fingerprint density at radius 1 is 1.03 bits per heavy atom. The number of ether oxygens (including phenoxy) is 3. The van der Waals surface area contributed by atoms with Crippen molar-refractivity contribution >= 4 is 45.2 Å². The molecule has 9 nitrogen and oxygen atoms in total. The molecule has 3 aromatic rings. The fourth-order valence-corrected chi connectivity index (χ4v) is 4.25. The fourth-order valence-electron chi connectivity index (χ4n) is 3.15. The average Bonchev–Trinajstić information content (AvgIpc) is 3.08. The zero-order valence-electron chi connectivity index (χ0n) is 18.6. The molecule has 0 fully saturated rings. The number of anilines is 1. The Balaban J connectivity index is 1.78. The molecule has 0 radical (unpaired) electrons. The smallest absolute Gasteiger partial charge is 0.348 e. The van der Waals surface area contributed by atoms with Crippen LogP contribution in [0.1, 0.15) is 45.0 Å². The van der Waals surface area contributed by atoms with Crippen LogP contribution in [0.2, 0.25) is 0 Å². The van der Waals surface area contributed by atoms with E-state index in [0.29, 0.717) is 16.9 Å². The Morgan fingerprint density at radius 2 is 1.73 bits per heavy atom. The first-order valence-electron chi connectivity index (χ1n) is 10.2. The van der Waals surface area contributed by atoms with E-state index in [-0.39, 0.29) is 35.3 Å². The molecule has 0 saturated heterocycles. The molecule has 1 N–H and O–H groups in total. The van der Waals surface area contributed by atoms with E-state index in [1.165, 1.54) is 12.1 Å². The molecule has 0 saturated carbocycles. The van der Waals surface area contributed by atoms with Gasteiger partial charge in [0.1, 0.15) is 21.2 Å². The topological polar surface area (TPSA) is 121 Å². The molecule has 0 aliphatic rings. The van der Waals surface area contributed by atoms with Crippen LogP contribution in [0.4, 0.5) is 5.00 Å². The number of esters is 2. The molecular weight excluding hydrogens is 450 g/mol. The minimum Gasteiger partial charge on any atom is -0.484 e. The van der Waals surface area contributed by atoms with Gasteiger partial charge in [-0.25, -0.2) is 14.4 Å². The molecule has 2 heterocycles. The Morgan fingerprint density at radius 3 is 2.42 bits per heavy atom. The molecule has 2 aromatic heterocycles. The van der Waals surface area contributed by atoms with Crippen molar-refractivity contribution in [1.29, 1.82) is 0 Å². The Kier molecular flexibility index (Phi) is 7.49. The average molecular weight is 474 g/mol. The summed E-state index contributed by atoms with van der Waals surface area (Å²) in [6, 6.07) is 6.30. The molecule has 1 amide bonds. The lowest BCUT2D eigenvalue weighted by atomic mass is 10.1. The molecule has 0 unspecified atom stereocenters. The SMILES string of the molecule is CCOC(=O)c1sc(NC(=O)COc2ccc3c(C)cc(=O)oc3c2)c(C(=O)OCC)c1C. The molecule has 3 rings (SSSR count). The van der Waals surface area contributed by atoms with Crippen LogP contribution in [0, 0.1) is 13.8 Å². The summed E-state index contributed by atoms with van der Waals surface area (Å²) in [5, 5.41) is 3.53. The van der Waals surface area contributed by atoms with Crippen LogP contribution < -0.4 is 15.7 Å². The number of nitrogens with one attached hydrogen (secondary N) is 1. The van der Waals surface area contributed by atoms with Gasteiger partial charge in [-0.1, -0.05) is 0 Å². The van der Waals surface area contributed by atoms with Crippen molar-refractivity contribution in [1.82, 2.24) is 0 Å². The van der Waals surface area contributed by atoms with E-state index in [0.717, 1.165) is 22.3 Å². The van der Waals surface area contributed by atoms with Gasteiger partial charge in [-0.3, -0.25) is 4.79 Å². The van der Waals surface area contributed by atoms with Crippen molar-refractivity contribution in [2.24, 2.45) is 0 Å². The summed E-state index contributed by atoms with van der Waals surface area (Å²) in [5.41, 5.74) is 1.10. The third-order valence-electron chi connectivity index (χ3n) is 4.63. The van der Waals surface area contributed by atoms with Gasteiger partial charge in [0.15, 0.2) is 6.61 Å². The molecule has 1 aromatic carbocycles. The first kappa shape index (κ1) is 24.0. The highest BCUT2D eigenvalue weighted by molar-refractivity contribution is 7.18. The minimum atomic E-state index is -0.655. The van der Waals surface area contributed by atoms with E-state index in [9.17, 15) is 19.2 Å². The monoisotopic (exact) mass is 473 g/mol. The number of rotatable bonds is 8. The van der Waals surface area contributed by atoms with Crippen LogP contribution in [0.25, 0.3) is 11.0 Å². The van der Waals surface area contributed by atoms with Crippen LogP contribution in [0.5, 0.6) is 5.75 Å². The lowest BCUT2D eigenvalue weighted by Crippen LogP contribution is -2.21. The lowest BCUT2D eigenvalue weighted by molar-refractivity contribution is -0.118. The van der Waals surface area contributed by atoms with E-state index >= 15 is 0 Å². The second-order valence-corrected chi connectivity index (χ2v) is 7.97.